The number of aryl methyl sites for hydroxylation is 1. The molecule has 8 heteroatoms. The average Bonchev–Trinajstić information content (AvgIpc) is 2.70. The Bertz CT molecular complexity index is 745. The SMILES string of the molecule is Cc1sc(C(=O)Nc2ccc(NS(C)(=O)=O)cc2)cc1N. The van der Waals surface area contributed by atoms with Gasteiger partial charge in [0.25, 0.3) is 5.91 Å². The van der Waals surface area contributed by atoms with Crippen molar-refractivity contribution in [1.29, 1.82) is 0 Å². The van der Waals surface area contributed by atoms with Gasteiger partial charge in [-0.1, -0.05) is 0 Å². The number of carbonyl (C=O) groups is 1. The van der Waals surface area contributed by atoms with Gasteiger partial charge in [-0.3, -0.25) is 9.52 Å². The highest BCUT2D eigenvalue weighted by molar-refractivity contribution is 7.92. The molecule has 0 fully saturated rings. The summed E-state index contributed by atoms with van der Waals surface area (Å²) in [6, 6.07) is 8.02. The molecule has 1 heterocycles. The second-order valence-corrected chi connectivity index (χ2v) is 7.53. The second kappa shape index (κ2) is 5.74. The Morgan fingerprint density at radius 2 is 1.76 bits per heavy atom. The number of amides is 1. The van der Waals surface area contributed by atoms with Crippen molar-refractivity contribution in [2.24, 2.45) is 0 Å². The van der Waals surface area contributed by atoms with Gasteiger partial charge in [0.2, 0.25) is 10.0 Å². The van der Waals surface area contributed by atoms with Crippen molar-refractivity contribution in [3.63, 3.8) is 0 Å². The van der Waals surface area contributed by atoms with E-state index in [0.717, 1.165) is 11.1 Å². The molecule has 0 bridgehead atoms. The van der Waals surface area contributed by atoms with Crippen LogP contribution in [0.25, 0.3) is 0 Å². The van der Waals surface area contributed by atoms with Crippen LogP contribution in [0.4, 0.5) is 17.1 Å². The molecule has 0 saturated heterocycles. The topological polar surface area (TPSA) is 101 Å². The lowest BCUT2D eigenvalue weighted by Gasteiger charge is -2.06. The molecule has 0 spiro atoms. The van der Waals surface area contributed by atoms with Gasteiger partial charge in [0.05, 0.1) is 11.1 Å². The number of nitrogen functional groups attached to an aromatic ring is 1. The lowest BCUT2D eigenvalue weighted by atomic mass is 10.3. The van der Waals surface area contributed by atoms with E-state index in [0.29, 0.717) is 21.9 Å². The molecule has 2 rings (SSSR count). The van der Waals surface area contributed by atoms with E-state index in [2.05, 4.69) is 10.0 Å². The lowest BCUT2D eigenvalue weighted by Crippen LogP contribution is -2.11. The summed E-state index contributed by atoms with van der Waals surface area (Å²) in [6.07, 6.45) is 1.08. The molecule has 0 aliphatic carbocycles. The molecule has 1 aromatic carbocycles. The number of rotatable bonds is 4. The van der Waals surface area contributed by atoms with Crippen molar-refractivity contribution >= 4 is 44.3 Å². The number of carbonyl (C=O) groups excluding carboxylic acids is 1. The van der Waals surface area contributed by atoms with E-state index < -0.39 is 10.0 Å². The number of hydrogen-bond donors (Lipinski definition) is 3. The average molecular weight is 325 g/mol. The Kier molecular flexibility index (Phi) is 4.19. The van der Waals surface area contributed by atoms with Crippen LogP contribution in [0.5, 0.6) is 0 Å². The normalized spacial score (nSPS) is 11.1. The first-order chi connectivity index (χ1) is 9.74. The minimum Gasteiger partial charge on any atom is -0.398 e. The van der Waals surface area contributed by atoms with Crippen LogP contribution in [0.3, 0.4) is 0 Å². The summed E-state index contributed by atoms with van der Waals surface area (Å²) in [5.74, 6) is -0.247. The Morgan fingerprint density at radius 1 is 1.19 bits per heavy atom. The first kappa shape index (κ1) is 15.3. The molecule has 1 amide bonds. The zero-order valence-corrected chi connectivity index (χ0v) is 13.1. The standard InChI is InChI=1S/C13H15N3O3S2/c1-8-11(14)7-12(20-8)13(17)15-9-3-5-10(6-4-9)16-21(2,18)19/h3-7,16H,14H2,1-2H3,(H,15,17). The second-order valence-electron chi connectivity index (χ2n) is 4.53. The molecule has 0 atom stereocenters. The number of hydrogen-bond acceptors (Lipinski definition) is 5. The molecule has 21 heavy (non-hydrogen) atoms. The number of thiophene rings is 1. The first-order valence-electron chi connectivity index (χ1n) is 6.00. The van der Waals surface area contributed by atoms with Crippen molar-refractivity contribution in [1.82, 2.24) is 0 Å². The molecule has 4 N–H and O–H groups in total. The van der Waals surface area contributed by atoms with E-state index in [9.17, 15) is 13.2 Å². The molecule has 0 aliphatic rings. The van der Waals surface area contributed by atoms with Gasteiger partial charge < -0.3 is 11.1 Å². The quantitative estimate of drug-likeness (QED) is 0.802. The number of sulfonamides is 1. The molecule has 0 saturated carbocycles. The van der Waals surface area contributed by atoms with Gasteiger partial charge in [0, 0.05) is 21.9 Å². The van der Waals surface area contributed by atoms with Gasteiger partial charge in [-0.05, 0) is 37.3 Å². The molecule has 112 valence electrons. The fraction of sp³-hybridized carbons (Fsp3) is 0.154. The summed E-state index contributed by atoms with van der Waals surface area (Å²) in [4.78, 5) is 13.5. The third-order valence-electron chi connectivity index (χ3n) is 2.63. The number of anilines is 3. The van der Waals surface area contributed by atoms with Crippen LogP contribution in [0, 0.1) is 6.92 Å². The number of nitrogens with two attached hydrogens (primary N) is 1. The lowest BCUT2D eigenvalue weighted by molar-refractivity contribution is 0.103. The van der Waals surface area contributed by atoms with Gasteiger partial charge in [0.15, 0.2) is 0 Å². The summed E-state index contributed by atoms with van der Waals surface area (Å²) >= 11 is 1.32. The predicted molar refractivity (Wildman–Crippen MR) is 86.3 cm³/mol. The summed E-state index contributed by atoms with van der Waals surface area (Å²) in [7, 11) is -3.31. The van der Waals surface area contributed by atoms with E-state index >= 15 is 0 Å². The first-order valence-corrected chi connectivity index (χ1v) is 8.70. The molecule has 2 aromatic rings. The molecule has 6 nitrogen and oxygen atoms in total. The van der Waals surface area contributed by atoms with Crippen molar-refractivity contribution < 1.29 is 13.2 Å². The van der Waals surface area contributed by atoms with Gasteiger partial charge in [-0.25, -0.2) is 8.42 Å². The van der Waals surface area contributed by atoms with Crippen LogP contribution in [-0.4, -0.2) is 20.6 Å². The van der Waals surface area contributed by atoms with E-state index in [1.807, 2.05) is 6.92 Å². The smallest absolute Gasteiger partial charge is 0.265 e. The fourth-order valence-electron chi connectivity index (χ4n) is 1.64. The number of benzene rings is 1. The molecule has 0 radical (unpaired) electrons. The molecular weight excluding hydrogens is 310 g/mol. The highest BCUT2D eigenvalue weighted by atomic mass is 32.2. The van der Waals surface area contributed by atoms with Crippen LogP contribution in [-0.2, 0) is 10.0 Å². The predicted octanol–water partition coefficient (Wildman–Crippen LogP) is 2.26. The summed E-state index contributed by atoms with van der Waals surface area (Å²) < 4.78 is 24.5. The Balaban J connectivity index is 2.08. The van der Waals surface area contributed by atoms with E-state index in [1.165, 1.54) is 11.3 Å². The van der Waals surface area contributed by atoms with Crippen LogP contribution in [0.1, 0.15) is 14.5 Å². The van der Waals surface area contributed by atoms with Crippen molar-refractivity contribution in [3.8, 4) is 0 Å². The third kappa shape index (κ3) is 4.20. The largest absolute Gasteiger partial charge is 0.398 e. The fourth-order valence-corrected chi connectivity index (χ4v) is 3.04. The van der Waals surface area contributed by atoms with Crippen molar-refractivity contribution in [3.05, 3.63) is 40.1 Å². The highest BCUT2D eigenvalue weighted by Crippen LogP contribution is 2.24. The van der Waals surface area contributed by atoms with Crippen molar-refractivity contribution in [2.45, 2.75) is 6.92 Å². The molecule has 0 unspecified atom stereocenters. The molecule has 1 aromatic heterocycles. The maximum absolute atomic E-state index is 12.0. The van der Waals surface area contributed by atoms with Gasteiger partial charge in [-0.2, -0.15) is 0 Å². The van der Waals surface area contributed by atoms with Gasteiger partial charge in [0.1, 0.15) is 0 Å². The highest BCUT2D eigenvalue weighted by Gasteiger charge is 2.11. The van der Waals surface area contributed by atoms with Gasteiger partial charge in [-0.15, -0.1) is 11.3 Å². The monoisotopic (exact) mass is 325 g/mol. The maximum Gasteiger partial charge on any atom is 0.265 e. The summed E-state index contributed by atoms with van der Waals surface area (Å²) in [5.41, 5.74) is 7.32. The number of nitrogens with one attached hydrogen (secondary N) is 2. The van der Waals surface area contributed by atoms with Gasteiger partial charge >= 0.3 is 0 Å². The zero-order valence-electron chi connectivity index (χ0n) is 11.5. The Labute approximate surface area is 127 Å². The van der Waals surface area contributed by atoms with Crippen LogP contribution in [0.15, 0.2) is 30.3 Å². The maximum atomic E-state index is 12.0. The zero-order chi connectivity index (χ0) is 15.6. The van der Waals surface area contributed by atoms with Crippen LogP contribution in [0.2, 0.25) is 0 Å². The summed E-state index contributed by atoms with van der Waals surface area (Å²) in [5, 5.41) is 2.73. The summed E-state index contributed by atoms with van der Waals surface area (Å²) in [6.45, 7) is 1.85. The Hall–Kier alpha value is -2.06. The van der Waals surface area contributed by atoms with Crippen LogP contribution >= 0.6 is 11.3 Å². The van der Waals surface area contributed by atoms with E-state index in [4.69, 9.17) is 5.73 Å². The van der Waals surface area contributed by atoms with Crippen molar-refractivity contribution in [2.75, 3.05) is 22.0 Å². The van der Waals surface area contributed by atoms with E-state index in [1.54, 1.807) is 30.3 Å². The molecule has 0 aliphatic heterocycles. The minimum atomic E-state index is -3.31. The minimum absolute atomic E-state index is 0.247. The molecular formula is C13H15N3O3S2. The van der Waals surface area contributed by atoms with Crippen LogP contribution < -0.4 is 15.8 Å². The van der Waals surface area contributed by atoms with E-state index in [-0.39, 0.29) is 5.91 Å². The Morgan fingerprint density at radius 3 is 2.24 bits per heavy atom. The third-order valence-corrected chi connectivity index (χ3v) is 4.30.